The first-order valence-corrected chi connectivity index (χ1v) is 8.61. The number of pyridine rings is 1. The van der Waals surface area contributed by atoms with Gasteiger partial charge in [0.15, 0.2) is 0 Å². The molecule has 0 saturated heterocycles. The topological polar surface area (TPSA) is 80.5 Å². The number of carbonyl (C=O) groups excluding carboxylic acids is 2. The van der Waals surface area contributed by atoms with Gasteiger partial charge in [0.05, 0.1) is 11.0 Å². The van der Waals surface area contributed by atoms with Crippen LogP contribution >= 0.6 is 11.6 Å². The summed E-state index contributed by atoms with van der Waals surface area (Å²) in [4.78, 5) is 42.4. The van der Waals surface area contributed by atoms with E-state index in [2.05, 4.69) is 10.3 Å². The SMILES string of the molecule is O=C1NC(=O)c2ccc3c4c2c1ccc4c(=O)n1c2ccc(Cl)cc2nc31. The first-order chi connectivity index (χ1) is 13.0. The normalized spacial score (nSPS) is 14.0. The minimum Gasteiger partial charge on any atom is -0.288 e. The molecule has 0 aliphatic carbocycles. The van der Waals surface area contributed by atoms with Crippen LogP contribution in [0.5, 0.6) is 0 Å². The highest BCUT2D eigenvalue weighted by Gasteiger charge is 2.28. The fourth-order valence-corrected chi connectivity index (χ4v) is 4.20. The maximum Gasteiger partial charge on any atom is 0.264 e. The average molecular weight is 374 g/mol. The van der Waals surface area contributed by atoms with E-state index >= 15 is 0 Å². The molecule has 0 radical (unpaired) electrons. The number of rotatable bonds is 0. The van der Waals surface area contributed by atoms with Gasteiger partial charge >= 0.3 is 0 Å². The summed E-state index contributed by atoms with van der Waals surface area (Å²) in [5.41, 5.74) is 2.26. The maximum absolute atomic E-state index is 13.3. The summed E-state index contributed by atoms with van der Waals surface area (Å²) >= 11 is 6.07. The molecule has 0 fully saturated rings. The zero-order valence-corrected chi connectivity index (χ0v) is 14.3. The molecule has 1 aliphatic rings. The van der Waals surface area contributed by atoms with E-state index in [9.17, 15) is 14.4 Å². The van der Waals surface area contributed by atoms with Crippen molar-refractivity contribution in [2.24, 2.45) is 0 Å². The van der Waals surface area contributed by atoms with Crippen LogP contribution in [0.3, 0.4) is 0 Å². The van der Waals surface area contributed by atoms with Crippen molar-refractivity contribution in [2.75, 3.05) is 0 Å². The maximum atomic E-state index is 13.3. The summed E-state index contributed by atoms with van der Waals surface area (Å²) in [6.45, 7) is 0. The Morgan fingerprint density at radius 3 is 2.30 bits per heavy atom. The molecule has 5 aromatic rings. The molecule has 2 aromatic heterocycles. The van der Waals surface area contributed by atoms with Crippen molar-refractivity contribution in [3.8, 4) is 0 Å². The molecule has 0 unspecified atom stereocenters. The predicted molar refractivity (Wildman–Crippen MR) is 102 cm³/mol. The minimum absolute atomic E-state index is 0.246. The molecule has 128 valence electrons. The summed E-state index contributed by atoms with van der Waals surface area (Å²) in [6, 6.07) is 11.8. The average Bonchev–Trinajstić information content (AvgIpc) is 3.03. The van der Waals surface area contributed by atoms with Gasteiger partial charge < -0.3 is 0 Å². The first-order valence-electron chi connectivity index (χ1n) is 8.23. The second-order valence-electron chi connectivity index (χ2n) is 6.56. The summed E-state index contributed by atoms with van der Waals surface area (Å²) < 4.78 is 1.55. The molecule has 1 N–H and O–H groups in total. The smallest absolute Gasteiger partial charge is 0.264 e. The lowest BCUT2D eigenvalue weighted by atomic mass is 9.91. The molecule has 7 heteroatoms. The Hall–Kier alpha value is -3.51. The fraction of sp³-hybridized carbons (Fsp3) is 0. The number of hydrogen-bond acceptors (Lipinski definition) is 4. The van der Waals surface area contributed by atoms with Crippen molar-refractivity contribution < 1.29 is 9.59 Å². The molecule has 3 aromatic carbocycles. The van der Waals surface area contributed by atoms with Crippen molar-refractivity contribution in [2.45, 2.75) is 0 Å². The molecular weight excluding hydrogens is 366 g/mol. The standard InChI is InChI=1S/C20H8ClN3O3/c21-8-1-6-14-13(7-8)22-17-9-2-3-10-16-11(19(26)23-18(10)25)4-5-12(15(9)16)20(27)24(14)17/h1-7H,(H,23,25,26). The van der Waals surface area contributed by atoms with E-state index in [0.29, 0.717) is 54.4 Å². The lowest BCUT2D eigenvalue weighted by Gasteiger charge is -2.18. The second kappa shape index (κ2) is 4.61. The Morgan fingerprint density at radius 1 is 0.852 bits per heavy atom. The van der Waals surface area contributed by atoms with E-state index in [1.807, 2.05) is 0 Å². The van der Waals surface area contributed by atoms with Gasteiger partial charge in [-0.3, -0.25) is 24.1 Å². The number of fused-ring (bicyclic) bond motifs is 4. The fourth-order valence-electron chi connectivity index (χ4n) is 4.04. The lowest BCUT2D eigenvalue weighted by Crippen LogP contribution is -2.34. The Kier molecular flexibility index (Phi) is 2.50. The number of amides is 2. The Bertz CT molecular complexity index is 1550. The summed E-state index contributed by atoms with van der Waals surface area (Å²) in [7, 11) is 0. The van der Waals surface area contributed by atoms with Crippen LogP contribution in [0.1, 0.15) is 20.7 Å². The number of carbonyl (C=O) groups is 2. The number of aromatic nitrogens is 2. The number of imide groups is 1. The van der Waals surface area contributed by atoms with Gasteiger partial charge in [0, 0.05) is 37.7 Å². The highest BCUT2D eigenvalue weighted by atomic mass is 35.5. The van der Waals surface area contributed by atoms with Gasteiger partial charge in [0.25, 0.3) is 17.4 Å². The Morgan fingerprint density at radius 2 is 1.56 bits per heavy atom. The first kappa shape index (κ1) is 14.6. The number of halogens is 1. The molecule has 1 aliphatic heterocycles. The number of imidazole rings is 1. The molecule has 0 atom stereocenters. The van der Waals surface area contributed by atoms with Gasteiger partial charge in [0.1, 0.15) is 5.65 Å². The van der Waals surface area contributed by atoms with Gasteiger partial charge in [-0.2, -0.15) is 0 Å². The number of hydrogen-bond donors (Lipinski definition) is 1. The molecule has 2 amide bonds. The van der Waals surface area contributed by atoms with Gasteiger partial charge in [-0.15, -0.1) is 0 Å². The van der Waals surface area contributed by atoms with Crippen molar-refractivity contribution in [1.82, 2.24) is 14.7 Å². The van der Waals surface area contributed by atoms with Gasteiger partial charge in [-0.1, -0.05) is 11.6 Å². The van der Waals surface area contributed by atoms with Crippen molar-refractivity contribution in [1.29, 1.82) is 0 Å². The van der Waals surface area contributed by atoms with Crippen LogP contribution in [0.4, 0.5) is 0 Å². The van der Waals surface area contributed by atoms with E-state index in [4.69, 9.17) is 11.6 Å². The van der Waals surface area contributed by atoms with Crippen LogP contribution in [-0.2, 0) is 0 Å². The summed E-state index contributed by atoms with van der Waals surface area (Å²) in [5, 5.41) is 5.10. The van der Waals surface area contributed by atoms with Crippen LogP contribution in [-0.4, -0.2) is 21.2 Å². The minimum atomic E-state index is -0.463. The molecular formula is C20H8ClN3O3. The number of nitrogens with one attached hydrogen (secondary N) is 1. The summed E-state index contributed by atoms with van der Waals surface area (Å²) in [6.07, 6.45) is 0. The molecule has 27 heavy (non-hydrogen) atoms. The van der Waals surface area contributed by atoms with Crippen molar-refractivity contribution in [3.05, 3.63) is 69.0 Å². The third-order valence-electron chi connectivity index (χ3n) is 5.17. The highest BCUT2D eigenvalue weighted by molar-refractivity contribution is 6.32. The van der Waals surface area contributed by atoms with E-state index in [0.717, 1.165) is 0 Å². The summed E-state index contributed by atoms with van der Waals surface area (Å²) in [5.74, 6) is -0.927. The number of nitrogens with zero attached hydrogens (tertiary/aromatic N) is 2. The van der Waals surface area contributed by atoms with Crippen LogP contribution < -0.4 is 10.9 Å². The number of benzene rings is 3. The molecule has 0 spiro atoms. The van der Waals surface area contributed by atoms with Gasteiger partial charge in [-0.25, -0.2) is 4.98 Å². The molecule has 6 nitrogen and oxygen atoms in total. The molecule has 0 saturated carbocycles. The second-order valence-corrected chi connectivity index (χ2v) is 7.00. The Labute approximate surface area is 155 Å². The van der Waals surface area contributed by atoms with E-state index in [1.54, 1.807) is 46.9 Å². The quantitative estimate of drug-likeness (QED) is 0.423. The van der Waals surface area contributed by atoms with Crippen LogP contribution in [0, 0.1) is 0 Å². The van der Waals surface area contributed by atoms with E-state index < -0.39 is 11.8 Å². The van der Waals surface area contributed by atoms with E-state index in [-0.39, 0.29) is 5.56 Å². The zero-order valence-electron chi connectivity index (χ0n) is 13.5. The molecule has 0 bridgehead atoms. The molecule has 3 heterocycles. The van der Waals surface area contributed by atoms with Crippen LogP contribution in [0.2, 0.25) is 5.02 Å². The largest absolute Gasteiger partial charge is 0.288 e. The van der Waals surface area contributed by atoms with Crippen LogP contribution in [0.25, 0.3) is 38.2 Å². The van der Waals surface area contributed by atoms with Crippen molar-refractivity contribution >= 4 is 61.6 Å². The lowest BCUT2D eigenvalue weighted by molar-refractivity contribution is 0.0845. The monoisotopic (exact) mass is 373 g/mol. The zero-order chi connectivity index (χ0) is 18.4. The predicted octanol–water partition coefficient (Wildman–Crippen LogP) is 3.13. The van der Waals surface area contributed by atoms with E-state index in [1.165, 1.54) is 0 Å². The van der Waals surface area contributed by atoms with Gasteiger partial charge in [0.2, 0.25) is 0 Å². The van der Waals surface area contributed by atoms with Gasteiger partial charge in [-0.05, 0) is 42.5 Å². The molecule has 6 rings (SSSR count). The van der Waals surface area contributed by atoms with Crippen LogP contribution in [0.15, 0.2) is 47.3 Å². The highest BCUT2D eigenvalue weighted by Crippen LogP contribution is 2.35. The third kappa shape index (κ3) is 1.66. The Balaban J connectivity index is 1.97. The third-order valence-corrected chi connectivity index (χ3v) is 5.40. The van der Waals surface area contributed by atoms with Crippen molar-refractivity contribution in [3.63, 3.8) is 0 Å².